The number of aliphatic hydroxyl groups is 1. The summed E-state index contributed by atoms with van der Waals surface area (Å²) in [5.74, 6) is 1.52. The average Bonchev–Trinajstić information content (AvgIpc) is 3.11. The van der Waals surface area contributed by atoms with Crippen molar-refractivity contribution >= 4 is 11.6 Å². The summed E-state index contributed by atoms with van der Waals surface area (Å²) < 4.78 is 1.69. The first-order valence-corrected chi connectivity index (χ1v) is 8.64. The minimum atomic E-state index is -0.0771. The largest absolute Gasteiger partial charge is 0.396 e. The predicted octanol–water partition coefficient (Wildman–Crippen LogP) is 1.21. The molecule has 0 aliphatic carbocycles. The fourth-order valence-electron chi connectivity index (χ4n) is 3.10. The average molecular weight is 343 g/mol. The second-order valence-electron chi connectivity index (χ2n) is 6.62. The molecule has 7 heteroatoms. The molecule has 1 saturated heterocycles. The summed E-state index contributed by atoms with van der Waals surface area (Å²) in [7, 11) is 3.88. The van der Waals surface area contributed by atoms with E-state index in [1.165, 1.54) is 0 Å². The lowest BCUT2D eigenvalue weighted by atomic mass is 10.1. The molecule has 0 spiro atoms. The van der Waals surface area contributed by atoms with Crippen LogP contribution in [-0.4, -0.2) is 53.4 Å². The number of aryl methyl sites for hydroxylation is 1. The van der Waals surface area contributed by atoms with Crippen molar-refractivity contribution in [1.82, 2.24) is 14.5 Å². The van der Waals surface area contributed by atoms with Crippen LogP contribution in [-0.2, 0) is 6.54 Å². The molecule has 7 nitrogen and oxygen atoms in total. The predicted molar refractivity (Wildman–Crippen MR) is 99.1 cm³/mol. The summed E-state index contributed by atoms with van der Waals surface area (Å²) in [6.07, 6.45) is 4.44. The van der Waals surface area contributed by atoms with E-state index in [0.717, 1.165) is 30.0 Å². The third kappa shape index (κ3) is 3.51. The Kier molecular flexibility index (Phi) is 5.03. The summed E-state index contributed by atoms with van der Waals surface area (Å²) in [4.78, 5) is 25.7. The highest BCUT2D eigenvalue weighted by Crippen LogP contribution is 2.24. The molecule has 134 valence electrons. The molecule has 2 aromatic rings. The molecule has 0 bridgehead atoms. The van der Waals surface area contributed by atoms with Crippen LogP contribution in [0.15, 0.2) is 29.3 Å². The molecular weight excluding hydrogens is 318 g/mol. The van der Waals surface area contributed by atoms with E-state index in [1.54, 1.807) is 17.0 Å². The van der Waals surface area contributed by atoms with E-state index in [-0.39, 0.29) is 18.1 Å². The Morgan fingerprint density at radius 3 is 2.84 bits per heavy atom. The first-order chi connectivity index (χ1) is 12.0. The molecule has 1 atom stereocenters. The lowest BCUT2D eigenvalue weighted by Gasteiger charge is -2.19. The van der Waals surface area contributed by atoms with Gasteiger partial charge in [0, 0.05) is 64.2 Å². The number of rotatable bonds is 5. The van der Waals surface area contributed by atoms with E-state index in [2.05, 4.69) is 9.97 Å². The van der Waals surface area contributed by atoms with Gasteiger partial charge in [0.05, 0.1) is 5.69 Å². The molecule has 0 amide bonds. The van der Waals surface area contributed by atoms with Crippen molar-refractivity contribution in [3.8, 4) is 11.3 Å². The second-order valence-corrected chi connectivity index (χ2v) is 6.62. The van der Waals surface area contributed by atoms with Crippen molar-refractivity contribution in [2.45, 2.75) is 19.9 Å². The van der Waals surface area contributed by atoms with Crippen LogP contribution < -0.4 is 15.4 Å². The van der Waals surface area contributed by atoms with Crippen LogP contribution in [0.3, 0.4) is 0 Å². The molecule has 0 unspecified atom stereocenters. The Balaban J connectivity index is 2.05. The van der Waals surface area contributed by atoms with Crippen LogP contribution in [0.25, 0.3) is 11.3 Å². The SMILES string of the molecule is CCn1cc(-c2ccnc(N(C)C)c2)nc(N2CC[C@@H](CO)C2)c1=O. The third-order valence-corrected chi connectivity index (χ3v) is 4.64. The van der Waals surface area contributed by atoms with Gasteiger partial charge in [-0.25, -0.2) is 9.97 Å². The van der Waals surface area contributed by atoms with Crippen LogP contribution in [0.2, 0.25) is 0 Å². The summed E-state index contributed by atoms with van der Waals surface area (Å²) in [5, 5.41) is 9.37. The molecule has 3 rings (SSSR count). The van der Waals surface area contributed by atoms with Gasteiger partial charge in [0.2, 0.25) is 0 Å². The number of aliphatic hydroxyl groups excluding tert-OH is 1. The highest BCUT2D eigenvalue weighted by molar-refractivity contribution is 5.64. The molecule has 1 aliphatic heterocycles. The first kappa shape index (κ1) is 17.4. The normalized spacial score (nSPS) is 17.1. The van der Waals surface area contributed by atoms with Crippen LogP contribution in [0.4, 0.5) is 11.6 Å². The molecule has 0 saturated carbocycles. The summed E-state index contributed by atoms with van der Waals surface area (Å²) in [6, 6.07) is 3.88. The Labute approximate surface area is 147 Å². The first-order valence-electron chi connectivity index (χ1n) is 8.64. The Morgan fingerprint density at radius 2 is 2.20 bits per heavy atom. The molecular formula is C18H25N5O2. The van der Waals surface area contributed by atoms with Crippen molar-refractivity contribution < 1.29 is 5.11 Å². The maximum atomic E-state index is 12.7. The van der Waals surface area contributed by atoms with Gasteiger partial charge in [-0.05, 0) is 25.5 Å². The van der Waals surface area contributed by atoms with Crippen molar-refractivity contribution in [1.29, 1.82) is 0 Å². The van der Waals surface area contributed by atoms with Crippen LogP contribution in [0, 0.1) is 5.92 Å². The number of nitrogens with zero attached hydrogens (tertiary/aromatic N) is 5. The monoisotopic (exact) mass is 343 g/mol. The highest BCUT2D eigenvalue weighted by Gasteiger charge is 2.25. The third-order valence-electron chi connectivity index (χ3n) is 4.64. The van der Waals surface area contributed by atoms with Gasteiger partial charge in [-0.15, -0.1) is 0 Å². The maximum absolute atomic E-state index is 12.7. The zero-order valence-corrected chi connectivity index (χ0v) is 15.0. The lowest BCUT2D eigenvalue weighted by Crippen LogP contribution is -2.32. The maximum Gasteiger partial charge on any atom is 0.293 e. The molecule has 1 fully saturated rings. The van der Waals surface area contributed by atoms with E-state index < -0.39 is 0 Å². The van der Waals surface area contributed by atoms with E-state index >= 15 is 0 Å². The molecule has 0 radical (unpaired) electrons. The number of hydrogen-bond acceptors (Lipinski definition) is 6. The fraction of sp³-hybridized carbons (Fsp3) is 0.500. The Morgan fingerprint density at radius 1 is 1.40 bits per heavy atom. The van der Waals surface area contributed by atoms with Gasteiger partial charge in [0.1, 0.15) is 5.82 Å². The van der Waals surface area contributed by atoms with Crippen LogP contribution in [0.1, 0.15) is 13.3 Å². The molecule has 2 aromatic heterocycles. The number of pyridine rings is 1. The van der Waals surface area contributed by atoms with Gasteiger partial charge < -0.3 is 19.5 Å². The lowest BCUT2D eigenvalue weighted by molar-refractivity contribution is 0.238. The van der Waals surface area contributed by atoms with Gasteiger partial charge in [-0.2, -0.15) is 0 Å². The van der Waals surface area contributed by atoms with Crippen molar-refractivity contribution in [2.24, 2.45) is 5.92 Å². The molecule has 1 N–H and O–H groups in total. The molecule has 1 aliphatic rings. The van der Waals surface area contributed by atoms with Crippen molar-refractivity contribution in [3.05, 3.63) is 34.9 Å². The van der Waals surface area contributed by atoms with Gasteiger partial charge in [-0.3, -0.25) is 4.79 Å². The Hall–Kier alpha value is -2.41. The van der Waals surface area contributed by atoms with Gasteiger partial charge in [0.25, 0.3) is 5.56 Å². The topological polar surface area (TPSA) is 74.5 Å². The molecule has 25 heavy (non-hydrogen) atoms. The summed E-state index contributed by atoms with van der Waals surface area (Å²) in [5.41, 5.74) is 1.61. The second kappa shape index (κ2) is 7.23. The highest BCUT2D eigenvalue weighted by atomic mass is 16.3. The zero-order valence-electron chi connectivity index (χ0n) is 15.0. The minimum Gasteiger partial charge on any atom is -0.396 e. The quantitative estimate of drug-likeness (QED) is 0.880. The molecule has 3 heterocycles. The Bertz CT molecular complexity index is 802. The number of anilines is 2. The van der Waals surface area contributed by atoms with Gasteiger partial charge in [-0.1, -0.05) is 0 Å². The summed E-state index contributed by atoms with van der Waals surface area (Å²) in [6.45, 7) is 4.11. The number of hydrogen-bond donors (Lipinski definition) is 1. The standard InChI is InChI=1S/C18H25N5O2/c1-4-22-11-15(14-5-7-19-16(9-14)21(2)3)20-17(18(22)25)23-8-6-13(10-23)12-24/h5,7,9,11,13,24H,4,6,8,10,12H2,1-3H3/t13-/m1/s1. The van der Waals surface area contributed by atoms with Gasteiger partial charge >= 0.3 is 0 Å². The van der Waals surface area contributed by atoms with Crippen molar-refractivity contribution in [2.75, 3.05) is 43.6 Å². The smallest absolute Gasteiger partial charge is 0.293 e. The van der Waals surface area contributed by atoms with E-state index in [9.17, 15) is 9.90 Å². The van der Waals surface area contributed by atoms with E-state index in [1.807, 2.05) is 43.0 Å². The molecule has 0 aromatic carbocycles. The fourth-order valence-corrected chi connectivity index (χ4v) is 3.10. The van der Waals surface area contributed by atoms with Crippen LogP contribution in [0.5, 0.6) is 0 Å². The van der Waals surface area contributed by atoms with Crippen LogP contribution >= 0.6 is 0 Å². The zero-order chi connectivity index (χ0) is 18.0. The van der Waals surface area contributed by atoms with E-state index in [0.29, 0.717) is 18.9 Å². The summed E-state index contributed by atoms with van der Waals surface area (Å²) >= 11 is 0. The minimum absolute atomic E-state index is 0.0771. The number of aromatic nitrogens is 3. The van der Waals surface area contributed by atoms with Gasteiger partial charge in [0.15, 0.2) is 5.82 Å². The van der Waals surface area contributed by atoms with E-state index in [4.69, 9.17) is 0 Å². The van der Waals surface area contributed by atoms with Crippen molar-refractivity contribution in [3.63, 3.8) is 0 Å².